The van der Waals surface area contributed by atoms with Gasteiger partial charge < -0.3 is 5.73 Å². The van der Waals surface area contributed by atoms with Gasteiger partial charge in [0.2, 0.25) is 0 Å². The Hall–Kier alpha value is -0.0800. The van der Waals surface area contributed by atoms with Gasteiger partial charge >= 0.3 is 0 Å². The van der Waals surface area contributed by atoms with E-state index in [0.717, 1.165) is 11.8 Å². The van der Waals surface area contributed by atoms with Crippen LogP contribution in [0.2, 0.25) is 0 Å². The molecule has 1 aliphatic heterocycles. The van der Waals surface area contributed by atoms with E-state index in [1.165, 1.54) is 25.9 Å². The van der Waals surface area contributed by atoms with E-state index < -0.39 is 0 Å². The third-order valence-electron chi connectivity index (χ3n) is 3.86. The van der Waals surface area contributed by atoms with Crippen LogP contribution in [0, 0.1) is 11.8 Å². The Bertz CT molecular complexity index is 181. The van der Waals surface area contributed by atoms with Crippen LogP contribution < -0.4 is 5.73 Å². The highest BCUT2D eigenvalue weighted by Crippen LogP contribution is 2.37. The smallest absolute Gasteiger partial charge is 0.0125 e. The number of fused-ring (bicyclic) bond motifs is 2. The Balaban J connectivity index is 2.07. The van der Waals surface area contributed by atoms with Crippen LogP contribution in [0.15, 0.2) is 0 Å². The molecule has 13 heavy (non-hydrogen) atoms. The Morgan fingerprint density at radius 2 is 1.54 bits per heavy atom. The quantitative estimate of drug-likeness (QED) is 0.614. The molecule has 1 heterocycles. The summed E-state index contributed by atoms with van der Waals surface area (Å²) in [6, 6.07) is 0.499. The lowest BCUT2D eigenvalue weighted by atomic mass is 9.90. The van der Waals surface area contributed by atoms with Crippen molar-refractivity contribution in [3.05, 3.63) is 0 Å². The van der Waals surface area contributed by atoms with Gasteiger partial charge in [-0.3, -0.25) is 4.90 Å². The van der Waals surface area contributed by atoms with Crippen molar-refractivity contribution in [1.82, 2.24) is 4.90 Å². The standard InChI is InChI=1S/C11H22N2/c1-11(2,3)13-6-8-4-5-9(7-13)10(8)12/h8-10H,4-7,12H2,1-3H3. The van der Waals surface area contributed by atoms with Gasteiger partial charge in [0, 0.05) is 24.7 Å². The van der Waals surface area contributed by atoms with Gasteiger partial charge in [-0.1, -0.05) is 0 Å². The Morgan fingerprint density at radius 3 is 1.92 bits per heavy atom. The largest absolute Gasteiger partial charge is 0.327 e. The zero-order chi connectivity index (χ0) is 9.64. The maximum Gasteiger partial charge on any atom is 0.0125 e. The van der Waals surface area contributed by atoms with E-state index in [4.69, 9.17) is 5.73 Å². The number of hydrogen-bond acceptors (Lipinski definition) is 2. The van der Waals surface area contributed by atoms with Gasteiger partial charge in [0.05, 0.1) is 0 Å². The van der Waals surface area contributed by atoms with Crippen LogP contribution in [0.5, 0.6) is 0 Å². The molecule has 0 amide bonds. The van der Waals surface area contributed by atoms with Gasteiger partial charge in [-0.05, 0) is 45.4 Å². The molecular formula is C11H22N2. The Labute approximate surface area is 81.5 Å². The van der Waals surface area contributed by atoms with Crippen molar-refractivity contribution in [2.75, 3.05) is 13.1 Å². The summed E-state index contributed by atoms with van der Waals surface area (Å²) in [5.41, 5.74) is 6.50. The van der Waals surface area contributed by atoms with Gasteiger partial charge in [0.25, 0.3) is 0 Å². The second kappa shape index (κ2) is 2.96. The number of nitrogens with two attached hydrogens (primary N) is 1. The van der Waals surface area contributed by atoms with Crippen LogP contribution in [0.25, 0.3) is 0 Å². The van der Waals surface area contributed by atoms with Crippen molar-refractivity contribution in [2.45, 2.75) is 45.2 Å². The predicted molar refractivity (Wildman–Crippen MR) is 55.5 cm³/mol. The highest BCUT2D eigenvalue weighted by atomic mass is 15.2. The average Bonchev–Trinajstić information content (AvgIpc) is 2.29. The molecule has 2 nitrogen and oxygen atoms in total. The first-order valence-electron chi connectivity index (χ1n) is 5.49. The van der Waals surface area contributed by atoms with Crippen LogP contribution in [0.1, 0.15) is 33.6 Å². The summed E-state index contributed by atoms with van der Waals surface area (Å²) in [6.07, 6.45) is 2.72. The SMILES string of the molecule is CC(C)(C)N1CC2CCC(C1)C2N. The lowest BCUT2D eigenvalue weighted by Gasteiger charge is -2.43. The molecule has 2 N–H and O–H groups in total. The topological polar surface area (TPSA) is 29.3 Å². The van der Waals surface area contributed by atoms with E-state index in [9.17, 15) is 0 Å². The third-order valence-corrected chi connectivity index (χ3v) is 3.86. The van der Waals surface area contributed by atoms with Crippen molar-refractivity contribution < 1.29 is 0 Å². The first kappa shape index (κ1) is 9.47. The number of rotatable bonds is 0. The molecule has 2 rings (SSSR count). The van der Waals surface area contributed by atoms with Crippen molar-refractivity contribution in [2.24, 2.45) is 17.6 Å². The molecule has 0 aromatic heterocycles. The highest BCUT2D eigenvalue weighted by Gasteiger charge is 2.42. The minimum Gasteiger partial charge on any atom is -0.327 e. The lowest BCUT2D eigenvalue weighted by molar-refractivity contribution is 0.0622. The van der Waals surface area contributed by atoms with E-state index in [1.54, 1.807) is 0 Å². The molecule has 2 fully saturated rings. The number of nitrogens with zero attached hydrogens (tertiary/aromatic N) is 1. The van der Waals surface area contributed by atoms with Crippen LogP contribution in [-0.4, -0.2) is 29.6 Å². The normalized spacial score (nSPS) is 41.1. The van der Waals surface area contributed by atoms with Crippen molar-refractivity contribution in [3.8, 4) is 0 Å². The maximum atomic E-state index is 6.16. The molecule has 1 aliphatic carbocycles. The zero-order valence-corrected chi connectivity index (χ0v) is 9.09. The van der Waals surface area contributed by atoms with Crippen molar-refractivity contribution in [3.63, 3.8) is 0 Å². The molecule has 0 spiro atoms. The zero-order valence-electron chi connectivity index (χ0n) is 9.09. The van der Waals surface area contributed by atoms with Gasteiger partial charge in [0.15, 0.2) is 0 Å². The molecule has 0 radical (unpaired) electrons. The van der Waals surface area contributed by atoms with Crippen molar-refractivity contribution >= 4 is 0 Å². The number of piperidine rings is 1. The summed E-state index contributed by atoms with van der Waals surface area (Å²) in [6.45, 7) is 9.37. The Morgan fingerprint density at radius 1 is 1.08 bits per heavy atom. The van der Waals surface area contributed by atoms with Gasteiger partial charge in [-0.15, -0.1) is 0 Å². The summed E-state index contributed by atoms with van der Waals surface area (Å²) in [5.74, 6) is 1.55. The second-order valence-corrected chi connectivity index (χ2v) is 5.75. The fraction of sp³-hybridized carbons (Fsp3) is 1.00. The average molecular weight is 182 g/mol. The minimum absolute atomic E-state index is 0.334. The molecule has 2 bridgehead atoms. The summed E-state index contributed by atoms with van der Waals surface area (Å²) in [5, 5.41) is 0. The monoisotopic (exact) mass is 182 g/mol. The lowest BCUT2D eigenvalue weighted by Crippen LogP contribution is -2.54. The van der Waals surface area contributed by atoms with Crippen LogP contribution in [0.3, 0.4) is 0 Å². The third kappa shape index (κ3) is 1.62. The van der Waals surface area contributed by atoms with E-state index in [-0.39, 0.29) is 0 Å². The first-order chi connectivity index (χ1) is 5.98. The fourth-order valence-corrected chi connectivity index (χ4v) is 2.81. The van der Waals surface area contributed by atoms with Crippen LogP contribution in [-0.2, 0) is 0 Å². The van der Waals surface area contributed by atoms with E-state index in [1.807, 2.05) is 0 Å². The molecule has 2 atom stereocenters. The van der Waals surface area contributed by atoms with E-state index >= 15 is 0 Å². The molecule has 2 unspecified atom stereocenters. The van der Waals surface area contributed by atoms with Gasteiger partial charge in [-0.2, -0.15) is 0 Å². The molecule has 76 valence electrons. The predicted octanol–water partition coefficient (Wildman–Crippen LogP) is 1.45. The number of likely N-dealkylation sites (tertiary alicyclic amines) is 1. The summed E-state index contributed by atoms with van der Waals surface area (Å²) in [4.78, 5) is 2.61. The molecule has 2 heteroatoms. The molecule has 1 saturated carbocycles. The first-order valence-corrected chi connectivity index (χ1v) is 5.49. The molecule has 0 aromatic rings. The number of hydrogen-bond donors (Lipinski definition) is 1. The van der Waals surface area contributed by atoms with Gasteiger partial charge in [0.1, 0.15) is 0 Å². The summed E-state index contributed by atoms with van der Waals surface area (Å²) >= 11 is 0. The molecule has 1 saturated heterocycles. The molecular weight excluding hydrogens is 160 g/mol. The highest BCUT2D eigenvalue weighted by molar-refractivity contribution is 4.98. The summed E-state index contributed by atoms with van der Waals surface area (Å²) in [7, 11) is 0. The van der Waals surface area contributed by atoms with Crippen molar-refractivity contribution in [1.29, 1.82) is 0 Å². The van der Waals surface area contributed by atoms with E-state index in [0.29, 0.717) is 11.6 Å². The molecule has 0 aromatic carbocycles. The van der Waals surface area contributed by atoms with E-state index in [2.05, 4.69) is 25.7 Å². The second-order valence-electron chi connectivity index (χ2n) is 5.75. The summed E-state index contributed by atoms with van der Waals surface area (Å²) < 4.78 is 0. The van der Waals surface area contributed by atoms with Crippen LogP contribution in [0.4, 0.5) is 0 Å². The van der Waals surface area contributed by atoms with Crippen LogP contribution >= 0.6 is 0 Å². The van der Waals surface area contributed by atoms with Gasteiger partial charge in [-0.25, -0.2) is 0 Å². The fourth-order valence-electron chi connectivity index (χ4n) is 2.81. The minimum atomic E-state index is 0.334. The maximum absolute atomic E-state index is 6.16. The Kier molecular flexibility index (Phi) is 2.16. The molecule has 2 aliphatic rings.